The summed E-state index contributed by atoms with van der Waals surface area (Å²) < 4.78 is 5.36. The topological polar surface area (TPSA) is 84.7 Å². The van der Waals surface area contributed by atoms with Gasteiger partial charge in [-0.1, -0.05) is 35.3 Å². The minimum absolute atomic E-state index is 0.0423. The Morgan fingerprint density at radius 3 is 2.64 bits per heavy atom. The van der Waals surface area contributed by atoms with Gasteiger partial charge in [-0.05, 0) is 29.8 Å². The molecule has 28 heavy (non-hydrogen) atoms. The van der Waals surface area contributed by atoms with Crippen LogP contribution in [0, 0.1) is 10.1 Å². The van der Waals surface area contributed by atoms with Crippen LogP contribution in [0.3, 0.4) is 0 Å². The zero-order valence-corrected chi connectivity index (χ0v) is 16.2. The zero-order valence-electron chi connectivity index (χ0n) is 14.7. The number of ether oxygens (including phenoxy) is 1. The Balaban J connectivity index is 1.77. The first-order valence-electron chi connectivity index (χ1n) is 8.50. The summed E-state index contributed by atoms with van der Waals surface area (Å²) in [5.74, 6) is -0.380. The van der Waals surface area contributed by atoms with E-state index in [4.69, 9.17) is 27.9 Å². The highest BCUT2D eigenvalue weighted by Gasteiger charge is 2.18. The summed E-state index contributed by atoms with van der Waals surface area (Å²) in [5, 5.41) is 14.4. The molecule has 7 nitrogen and oxygen atoms in total. The van der Waals surface area contributed by atoms with E-state index < -0.39 is 4.92 Å². The van der Waals surface area contributed by atoms with Gasteiger partial charge in [-0.25, -0.2) is 0 Å². The Bertz CT molecular complexity index is 927. The first-order valence-corrected chi connectivity index (χ1v) is 9.25. The number of rotatable bonds is 5. The molecular weight excluding hydrogens is 405 g/mol. The molecule has 0 bridgehead atoms. The maximum absolute atomic E-state index is 12.4. The number of halogens is 2. The van der Waals surface area contributed by atoms with Crippen molar-refractivity contribution in [1.82, 2.24) is 0 Å². The van der Waals surface area contributed by atoms with Crippen molar-refractivity contribution < 1.29 is 14.5 Å². The summed E-state index contributed by atoms with van der Waals surface area (Å²) in [4.78, 5) is 24.8. The lowest BCUT2D eigenvalue weighted by molar-refractivity contribution is -0.384. The van der Waals surface area contributed by atoms with Crippen molar-refractivity contribution in [3.63, 3.8) is 0 Å². The minimum Gasteiger partial charge on any atom is -0.378 e. The van der Waals surface area contributed by atoms with E-state index in [1.165, 1.54) is 24.3 Å². The molecule has 1 amide bonds. The lowest BCUT2D eigenvalue weighted by Crippen LogP contribution is -2.37. The largest absolute Gasteiger partial charge is 0.378 e. The number of amides is 1. The molecular formula is C19H17Cl2N3O4. The minimum atomic E-state index is -0.569. The highest BCUT2D eigenvalue weighted by molar-refractivity contribution is 6.34. The van der Waals surface area contributed by atoms with Crippen LogP contribution in [0.15, 0.2) is 42.5 Å². The van der Waals surface area contributed by atoms with Crippen molar-refractivity contribution >= 4 is 52.2 Å². The van der Waals surface area contributed by atoms with E-state index in [2.05, 4.69) is 10.2 Å². The van der Waals surface area contributed by atoms with Crippen LogP contribution in [-0.4, -0.2) is 37.1 Å². The number of para-hydroxylation sites is 1. The van der Waals surface area contributed by atoms with Gasteiger partial charge in [0.05, 0.1) is 34.5 Å². The Hall–Kier alpha value is -2.61. The van der Waals surface area contributed by atoms with Gasteiger partial charge in [0.25, 0.3) is 5.69 Å². The smallest absolute Gasteiger partial charge is 0.288 e. The van der Waals surface area contributed by atoms with E-state index in [9.17, 15) is 14.9 Å². The summed E-state index contributed by atoms with van der Waals surface area (Å²) >= 11 is 12.1. The van der Waals surface area contributed by atoms with Crippen LogP contribution in [0.25, 0.3) is 6.08 Å². The monoisotopic (exact) mass is 421 g/mol. The second kappa shape index (κ2) is 9.05. The molecule has 0 radical (unpaired) electrons. The maximum atomic E-state index is 12.4. The zero-order chi connectivity index (χ0) is 20.1. The molecule has 1 fully saturated rings. The highest BCUT2D eigenvalue weighted by atomic mass is 35.5. The number of anilines is 2. The number of nitro benzene ring substituents is 1. The van der Waals surface area contributed by atoms with Crippen LogP contribution in [0.4, 0.5) is 17.1 Å². The van der Waals surface area contributed by atoms with Crippen LogP contribution in [-0.2, 0) is 9.53 Å². The number of nitrogens with zero attached hydrogens (tertiary/aromatic N) is 2. The van der Waals surface area contributed by atoms with Crippen molar-refractivity contribution in [2.24, 2.45) is 0 Å². The van der Waals surface area contributed by atoms with Crippen LogP contribution >= 0.6 is 23.2 Å². The maximum Gasteiger partial charge on any atom is 0.288 e. The molecule has 146 valence electrons. The third kappa shape index (κ3) is 4.81. The van der Waals surface area contributed by atoms with Gasteiger partial charge in [0.1, 0.15) is 5.02 Å². The van der Waals surface area contributed by atoms with Gasteiger partial charge in [-0.3, -0.25) is 14.9 Å². The van der Waals surface area contributed by atoms with Crippen molar-refractivity contribution in [2.45, 2.75) is 0 Å². The molecule has 0 atom stereocenters. The third-order valence-corrected chi connectivity index (χ3v) is 4.79. The van der Waals surface area contributed by atoms with Crippen molar-refractivity contribution in [3.05, 3.63) is 68.2 Å². The molecule has 0 aliphatic carbocycles. The lowest BCUT2D eigenvalue weighted by Gasteiger charge is -2.31. The van der Waals surface area contributed by atoms with Crippen LogP contribution in [0.1, 0.15) is 5.56 Å². The molecule has 0 unspecified atom stereocenters. The van der Waals surface area contributed by atoms with E-state index in [-0.39, 0.29) is 16.6 Å². The normalized spacial score (nSPS) is 14.3. The predicted octanol–water partition coefficient (Wildman–Crippen LogP) is 4.39. The summed E-state index contributed by atoms with van der Waals surface area (Å²) in [5.41, 5.74) is 1.61. The second-order valence-corrected chi connectivity index (χ2v) is 6.84. The number of nitrogens with one attached hydrogen (secondary N) is 1. The molecule has 0 aromatic heterocycles. The molecule has 3 rings (SSSR count). The average molecular weight is 422 g/mol. The molecule has 1 saturated heterocycles. The van der Waals surface area contributed by atoms with Gasteiger partial charge in [0.2, 0.25) is 5.91 Å². The summed E-state index contributed by atoms with van der Waals surface area (Å²) in [6.07, 6.45) is 2.79. The van der Waals surface area contributed by atoms with Crippen LogP contribution in [0.5, 0.6) is 0 Å². The molecule has 0 spiro atoms. The Labute approximate surface area is 171 Å². The van der Waals surface area contributed by atoms with Gasteiger partial charge in [-0.2, -0.15) is 0 Å². The second-order valence-electron chi connectivity index (χ2n) is 6.03. The Kier molecular flexibility index (Phi) is 6.51. The number of benzene rings is 2. The van der Waals surface area contributed by atoms with E-state index in [0.717, 1.165) is 5.69 Å². The molecule has 1 heterocycles. The number of nitro groups is 1. The number of hydrogen-bond acceptors (Lipinski definition) is 5. The van der Waals surface area contributed by atoms with Crippen molar-refractivity contribution in [2.75, 3.05) is 36.5 Å². The predicted molar refractivity (Wildman–Crippen MR) is 110 cm³/mol. The summed E-state index contributed by atoms with van der Waals surface area (Å²) in [7, 11) is 0. The number of hydrogen-bond donors (Lipinski definition) is 1. The van der Waals surface area contributed by atoms with Gasteiger partial charge < -0.3 is 15.0 Å². The van der Waals surface area contributed by atoms with Crippen LogP contribution in [0.2, 0.25) is 10.0 Å². The van der Waals surface area contributed by atoms with Gasteiger partial charge in [0, 0.05) is 25.2 Å². The van der Waals surface area contributed by atoms with Gasteiger partial charge in [0.15, 0.2) is 0 Å². The molecule has 0 saturated carbocycles. The molecule has 2 aromatic carbocycles. The SMILES string of the molecule is O=C(/C=C/c1ccc(Cl)c([N+](=O)[O-])c1)Nc1cccc(Cl)c1N1CCOCC1. The molecule has 1 aliphatic rings. The van der Waals surface area contributed by atoms with E-state index in [0.29, 0.717) is 42.6 Å². The van der Waals surface area contributed by atoms with Crippen molar-refractivity contribution in [3.8, 4) is 0 Å². The van der Waals surface area contributed by atoms with Gasteiger partial charge in [-0.15, -0.1) is 0 Å². The molecule has 1 aliphatic heterocycles. The summed E-state index contributed by atoms with van der Waals surface area (Å²) in [6, 6.07) is 9.63. The number of morpholine rings is 1. The fourth-order valence-electron chi connectivity index (χ4n) is 2.84. The van der Waals surface area contributed by atoms with Crippen LogP contribution < -0.4 is 10.2 Å². The Morgan fingerprint density at radius 2 is 1.93 bits per heavy atom. The molecule has 9 heteroatoms. The fourth-order valence-corrected chi connectivity index (χ4v) is 3.32. The lowest BCUT2D eigenvalue weighted by atomic mass is 10.2. The Morgan fingerprint density at radius 1 is 1.18 bits per heavy atom. The van der Waals surface area contributed by atoms with Gasteiger partial charge >= 0.3 is 0 Å². The quantitative estimate of drug-likeness (QED) is 0.439. The highest BCUT2D eigenvalue weighted by Crippen LogP contribution is 2.34. The van der Waals surface area contributed by atoms with E-state index >= 15 is 0 Å². The van der Waals surface area contributed by atoms with E-state index in [1.807, 2.05) is 0 Å². The standard InChI is InChI=1S/C19H17Cl2N3O4/c20-14-6-4-13(12-17(14)24(26)27)5-7-18(25)22-16-3-1-2-15(21)19(16)23-8-10-28-11-9-23/h1-7,12H,8-11H2,(H,22,25)/b7-5+. The number of carbonyl (C=O) groups is 1. The van der Waals surface area contributed by atoms with Crippen molar-refractivity contribution in [1.29, 1.82) is 0 Å². The summed E-state index contributed by atoms with van der Waals surface area (Å²) in [6.45, 7) is 2.54. The average Bonchev–Trinajstić information content (AvgIpc) is 2.68. The fraction of sp³-hybridized carbons (Fsp3) is 0.211. The molecule has 2 aromatic rings. The molecule has 1 N–H and O–H groups in total. The number of carbonyl (C=O) groups excluding carboxylic acids is 1. The first-order chi connectivity index (χ1) is 13.5. The first kappa shape index (κ1) is 20.1. The third-order valence-electron chi connectivity index (χ3n) is 4.17. The van der Waals surface area contributed by atoms with E-state index in [1.54, 1.807) is 24.3 Å².